The van der Waals surface area contributed by atoms with Crippen LogP contribution in [-0.2, 0) is 9.59 Å². The number of hydrogen-bond acceptors (Lipinski definition) is 4. The molecule has 2 amide bonds. The minimum atomic E-state index is -0.791. The van der Waals surface area contributed by atoms with Gasteiger partial charge in [-0.3, -0.25) is 20.4 Å². The maximum absolute atomic E-state index is 12.3. The van der Waals surface area contributed by atoms with Crippen LogP contribution >= 0.6 is 15.9 Å². The molecular formula is C25H25BrN2O4. The van der Waals surface area contributed by atoms with E-state index in [2.05, 4.69) is 26.8 Å². The van der Waals surface area contributed by atoms with Crippen LogP contribution in [0.3, 0.4) is 0 Å². The minimum absolute atomic E-state index is 0.231. The Morgan fingerprint density at radius 2 is 1.50 bits per heavy atom. The molecule has 0 aliphatic heterocycles. The van der Waals surface area contributed by atoms with Gasteiger partial charge >= 0.3 is 0 Å². The average molecular weight is 497 g/mol. The van der Waals surface area contributed by atoms with E-state index in [1.54, 1.807) is 19.1 Å². The summed E-state index contributed by atoms with van der Waals surface area (Å²) in [5.74, 6) is 0.259. The lowest BCUT2D eigenvalue weighted by Gasteiger charge is -2.18. The average Bonchev–Trinajstić information content (AvgIpc) is 2.79. The quantitative estimate of drug-likeness (QED) is 0.463. The lowest BCUT2D eigenvalue weighted by molar-refractivity contribution is -0.133. The van der Waals surface area contributed by atoms with Crippen molar-refractivity contribution in [2.45, 2.75) is 26.9 Å². The van der Waals surface area contributed by atoms with Gasteiger partial charge < -0.3 is 9.47 Å². The van der Waals surface area contributed by atoms with Gasteiger partial charge in [0.2, 0.25) is 0 Å². The van der Waals surface area contributed by atoms with Crippen molar-refractivity contribution >= 4 is 27.7 Å². The Kier molecular flexibility index (Phi) is 7.89. The molecule has 0 aromatic heterocycles. The van der Waals surface area contributed by atoms with Crippen molar-refractivity contribution in [2.24, 2.45) is 0 Å². The van der Waals surface area contributed by atoms with Crippen molar-refractivity contribution in [2.75, 3.05) is 6.61 Å². The summed E-state index contributed by atoms with van der Waals surface area (Å²) < 4.78 is 12.2. The van der Waals surface area contributed by atoms with Crippen LogP contribution in [0.2, 0.25) is 0 Å². The predicted octanol–water partition coefficient (Wildman–Crippen LogP) is 4.73. The maximum atomic E-state index is 12.3. The van der Waals surface area contributed by atoms with Crippen LogP contribution < -0.4 is 20.3 Å². The molecule has 3 aromatic carbocycles. The highest BCUT2D eigenvalue weighted by Gasteiger charge is 2.18. The number of hydrogen-bond donors (Lipinski definition) is 2. The monoisotopic (exact) mass is 496 g/mol. The number of carbonyl (C=O) groups excluding carboxylic acids is 2. The first-order chi connectivity index (χ1) is 15.3. The van der Waals surface area contributed by atoms with Gasteiger partial charge in [0.15, 0.2) is 12.7 Å². The summed E-state index contributed by atoms with van der Waals surface area (Å²) in [7, 11) is 0. The highest BCUT2D eigenvalue weighted by atomic mass is 79.9. The molecule has 0 aliphatic rings. The van der Waals surface area contributed by atoms with Gasteiger partial charge in [0.1, 0.15) is 11.5 Å². The molecule has 0 spiro atoms. The fraction of sp³-hybridized carbons (Fsp3) is 0.200. The fourth-order valence-electron chi connectivity index (χ4n) is 3.11. The summed E-state index contributed by atoms with van der Waals surface area (Å²) >= 11 is 3.43. The number of halogens is 1. The van der Waals surface area contributed by atoms with E-state index >= 15 is 0 Å². The third kappa shape index (κ3) is 6.34. The summed E-state index contributed by atoms with van der Waals surface area (Å²) in [6, 6.07) is 21.2. The Hall–Kier alpha value is -3.32. The lowest BCUT2D eigenvalue weighted by Crippen LogP contribution is -2.48. The molecule has 2 N–H and O–H groups in total. The van der Waals surface area contributed by atoms with Gasteiger partial charge in [0, 0.05) is 4.47 Å². The summed E-state index contributed by atoms with van der Waals surface area (Å²) in [6.07, 6.45) is -0.791. The number of benzene rings is 3. The van der Waals surface area contributed by atoms with E-state index in [1.807, 2.05) is 68.4 Å². The van der Waals surface area contributed by atoms with E-state index in [1.165, 1.54) is 0 Å². The highest BCUT2D eigenvalue weighted by molar-refractivity contribution is 9.10. The molecule has 3 rings (SSSR count). The molecule has 0 fully saturated rings. The predicted molar refractivity (Wildman–Crippen MR) is 127 cm³/mol. The molecular weight excluding hydrogens is 472 g/mol. The first-order valence-electron chi connectivity index (χ1n) is 10.1. The summed E-state index contributed by atoms with van der Waals surface area (Å²) in [4.78, 5) is 24.3. The zero-order valence-corrected chi connectivity index (χ0v) is 19.7. The number of ether oxygens (including phenoxy) is 2. The smallest absolute Gasteiger partial charge is 0.279 e. The van der Waals surface area contributed by atoms with Crippen molar-refractivity contribution in [1.29, 1.82) is 0 Å². The molecule has 32 heavy (non-hydrogen) atoms. The normalized spacial score (nSPS) is 11.4. The molecule has 7 heteroatoms. The van der Waals surface area contributed by atoms with Crippen LogP contribution in [0.1, 0.15) is 18.1 Å². The van der Waals surface area contributed by atoms with Crippen LogP contribution in [0.15, 0.2) is 71.2 Å². The Morgan fingerprint density at radius 3 is 2.12 bits per heavy atom. The van der Waals surface area contributed by atoms with E-state index in [9.17, 15) is 9.59 Å². The Labute approximate surface area is 196 Å². The van der Waals surface area contributed by atoms with E-state index in [0.29, 0.717) is 11.5 Å². The van der Waals surface area contributed by atoms with Crippen LogP contribution in [0.25, 0.3) is 11.1 Å². The number of carbonyl (C=O) groups is 2. The van der Waals surface area contributed by atoms with Gasteiger partial charge in [0.05, 0.1) is 0 Å². The van der Waals surface area contributed by atoms with Gasteiger partial charge in [-0.05, 0) is 67.3 Å². The van der Waals surface area contributed by atoms with E-state index < -0.39 is 17.9 Å². The number of nitrogens with one attached hydrogen (secondary N) is 2. The molecule has 6 nitrogen and oxygen atoms in total. The zero-order chi connectivity index (χ0) is 23.1. The van der Waals surface area contributed by atoms with Crippen molar-refractivity contribution in [3.8, 4) is 22.6 Å². The molecule has 0 aliphatic carbocycles. The molecule has 0 radical (unpaired) electrons. The number of rotatable bonds is 7. The van der Waals surface area contributed by atoms with Gasteiger partial charge in [-0.2, -0.15) is 0 Å². The van der Waals surface area contributed by atoms with Crippen molar-refractivity contribution in [1.82, 2.24) is 10.9 Å². The van der Waals surface area contributed by atoms with Crippen molar-refractivity contribution in [3.05, 3.63) is 82.3 Å². The Morgan fingerprint density at radius 1 is 0.906 bits per heavy atom. The van der Waals surface area contributed by atoms with Crippen LogP contribution in [-0.4, -0.2) is 24.5 Å². The highest BCUT2D eigenvalue weighted by Crippen LogP contribution is 2.28. The van der Waals surface area contributed by atoms with Gasteiger partial charge in [-0.15, -0.1) is 0 Å². The van der Waals surface area contributed by atoms with E-state index in [4.69, 9.17) is 9.47 Å². The minimum Gasteiger partial charge on any atom is -0.484 e. The van der Waals surface area contributed by atoms with Gasteiger partial charge in [-0.25, -0.2) is 0 Å². The lowest BCUT2D eigenvalue weighted by atomic mass is 10.1. The second-order valence-corrected chi connectivity index (χ2v) is 8.26. The van der Waals surface area contributed by atoms with Gasteiger partial charge in [-0.1, -0.05) is 58.4 Å². The first kappa shape index (κ1) is 23.3. The van der Waals surface area contributed by atoms with Crippen molar-refractivity contribution in [3.63, 3.8) is 0 Å². The first-order valence-corrected chi connectivity index (χ1v) is 10.9. The summed E-state index contributed by atoms with van der Waals surface area (Å²) in [6.45, 7) is 5.20. The molecule has 0 saturated heterocycles. The number of aryl methyl sites for hydroxylation is 2. The van der Waals surface area contributed by atoms with E-state index in [-0.39, 0.29) is 6.61 Å². The summed E-state index contributed by atoms with van der Waals surface area (Å²) in [5, 5.41) is 0. The standard InChI is InChI=1S/C25H25BrN2O4/c1-16-13-21(26)14-17(2)24(16)32-18(3)25(30)28-27-23(29)15-31-22-11-9-20(10-12-22)19-7-5-4-6-8-19/h4-14,18H,15H2,1-3H3,(H,27,29)(H,28,30). The topological polar surface area (TPSA) is 76.7 Å². The Balaban J connectivity index is 1.45. The molecule has 0 saturated carbocycles. The zero-order valence-electron chi connectivity index (χ0n) is 18.1. The molecule has 3 aromatic rings. The van der Waals surface area contributed by atoms with Crippen molar-refractivity contribution < 1.29 is 19.1 Å². The molecule has 0 bridgehead atoms. The second-order valence-electron chi connectivity index (χ2n) is 7.35. The van der Waals surface area contributed by atoms with E-state index in [0.717, 1.165) is 26.7 Å². The third-order valence-electron chi connectivity index (χ3n) is 4.75. The van der Waals surface area contributed by atoms with Crippen LogP contribution in [0.5, 0.6) is 11.5 Å². The van der Waals surface area contributed by atoms with Crippen LogP contribution in [0.4, 0.5) is 0 Å². The fourth-order valence-corrected chi connectivity index (χ4v) is 3.79. The molecule has 166 valence electrons. The Bertz CT molecular complexity index is 1060. The SMILES string of the molecule is Cc1cc(Br)cc(C)c1OC(C)C(=O)NNC(=O)COc1ccc(-c2ccccc2)cc1. The largest absolute Gasteiger partial charge is 0.484 e. The second kappa shape index (κ2) is 10.8. The number of amides is 2. The van der Waals surface area contributed by atoms with Gasteiger partial charge in [0.25, 0.3) is 11.8 Å². The molecule has 0 heterocycles. The van der Waals surface area contributed by atoms with Crippen LogP contribution in [0, 0.1) is 13.8 Å². The maximum Gasteiger partial charge on any atom is 0.279 e. The summed E-state index contributed by atoms with van der Waals surface area (Å²) in [5.41, 5.74) is 8.69. The molecule has 1 atom stereocenters. The molecule has 1 unspecified atom stereocenters. The third-order valence-corrected chi connectivity index (χ3v) is 5.20. The number of hydrazine groups is 1.